The molecule has 6 heteroatoms. The zero-order valence-corrected chi connectivity index (χ0v) is 9.90. The molecule has 0 aliphatic heterocycles. The number of carbonyl (C=O) groups excluding carboxylic acids is 2. The summed E-state index contributed by atoms with van der Waals surface area (Å²) < 4.78 is 5.03. The van der Waals surface area contributed by atoms with E-state index in [1.807, 2.05) is 0 Å². The fraction of sp³-hybridized carbons (Fsp3) is 0.250. The zero-order chi connectivity index (χ0) is 13.4. The van der Waals surface area contributed by atoms with Crippen LogP contribution < -0.4 is 15.4 Å². The molecule has 0 bridgehead atoms. The Kier molecular flexibility index (Phi) is 5.19. The Morgan fingerprint density at radius 2 is 2.06 bits per heavy atom. The SMILES string of the molecule is COc1cccc(CNC(=O)C(=O)NCC#N)c1. The van der Waals surface area contributed by atoms with Gasteiger partial charge in [-0.05, 0) is 17.7 Å². The standard InChI is InChI=1S/C12H13N3O3/c1-18-10-4-2-3-9(7-10)8-15-12(17)11(16)14-6-5-13/h2-4,7H,6,8H2,1H3,(H,14,16)(H,15,17). The van der Waals surface area contributed by atoms with Crippen LogP contribution in [0.2, 0.25) is 0 Å². The Morgan fingerprint density at radius 3 is 2.72 bits per heavy atom. The monoisotopic (exact) mass is 247 g/mol. The van der Waals surface area contributed by atoms with E-state index in [4.69, 9.17) is 10.00 Å². The van der Waals surface area contributed by atoms with E-state index >= 15 is 0 Å². The molecule has 2 N–H and O–H groups in total. The van der Waals surface area contributed by atoms with Crippen LogP contribution in [0.1, 0.15) is 5.56 Å². The lowest BCUT2D eigenvalue weighted by atomic mass is 10.2. The number of carbonyl (C=O) groups is 2. The second-order valence-electron chi connectivity index (χ2n) is 3.37. The lowest BCUT2D eigenvalue weighted by Gasteiger charge is -2.06. The zero-order valence-electron chi connectivity index (χ0n) is 9.90. The summed E-state index contributed by atoms with van der Waals surface area (Å²) >= 11 is 0. The summed E-state index contributed by atoms with van der Waals surface area (Å²) in [5, 5.41) is 12.8. The predicted octanol–water partition coefficient (Wildman–Crippen LogP) is -0.0488. The Hall–Kier alpha value is -2.55. The van der Waals surface area contributed by atoms with Gasteiger partial charge in [-0.3, -0.25) is 9.59 Å². The molecule has 6 nitrogen and oxygen atoms in total. The van der Waals surface area contributed by atoms with Gasteiger partial charge >= 0.3 is 11.8 Å². The molecular formula is C12H13N3O3. The van der Waals surface area contributed by atoms with E-state index in [2.05, 4.69) is 10.6 Å². The van der Waals surface area contributed by atoms with Crippen LogP contribution in [-0.4, -0.2) is 25.5 Å². The van der Waals surface area contributed by atoms with Crippen LogP contribution in [0.4, 0.5) is 0 Å². The molecule has 94 valence electrons. The lowest BCUT2D eigenvalue weighted by molar-refractivity contribution is -0.139. The molecule has 0 saturated carbocycles. The minimum atomic E-state index is -0.820. The summed E-state index contributed by atoms with van der Waals surface area (Å²) in [6, 6.07) is 8.84. The van der Waals surface area contributed by atoms with Crippen molar-refractivity contribution in [3.05, 3.63) is 29.8 Å². The third kappa shape index (κ3) is 4.14. The molecule has 0 saturated heterocycles. The van der Waals surface area contributed by atoms with Crippen molar-refractivity contribution in [1.82, 2.24) is 10.6 Å². The van der Waals surface area contributed by atoms with Crippen molar-refractivity contribution in [3.63, 3.8) is 0 Å². The van der Waals surface area contributed by atoms with Crippen molar-refractivity contribution in [3.8, 4) is 11.8 Å². The molecule has 1 aromatic carbocycles. The Labute approximate surface area is 105 Å². The third-order valence-electron chi connectivity index (χ3n) is 2.12. The first-order valence-electron chi connectivity index (χ1n) is 5.23. The molecule has 2 amide bonds. The molecule has 0 spiro atoms. The fourth-order valence-electron chi connectivity index (χ4n) is 1.25. The van der Waals surface area contributed by atoms with E-state index in [1.165, 1.54) is 0 Å². The molecular weight excluding hydrogens is 234 g/mol. The van der Waals surface area contributed by atoms with Crippen LogP contribution >= 0.6 is 0 Å². The molecule has 0 radical (unpaired) electrons. The molecule has 0 aromatic heterocycles. The number of rotatable bonds is 4. The molecule has 18 heavy (non-hydrogen) atoms. The summed E-state index contributed by atoms with van der Waals surface area (Å²) in [6.45, 7) is 0.0292. The summed E-state index contributed by atoms with van der Waals surface area (Å²) in [5.41, 5.74) is 0.816. The maximum atomic E-state index is 11.3. The first kappa shape index (κ1) is 13.5. The fourth-order valence-corrected chi connectivity index (χ4v) is 1.25. The Morgan fingerprint density at radius 1 is 1.33 bits per heavy atom. The lowest BCUT2D eigenvalue weighted by Crippen LogP contribution is -2.39. The maximum absolute atomic E-state index is 11.3. The highest BCUT2D eigenvalue weighted by molar-refractivity contribution is 6.35. The van der Waals surface area contributed by atoms with Gasteiger partial charge in [0.1, 0.15) is 12.3 Å². The smallest absolute Gasteiger partial charge is 0.310 e. The Bertz CT molecular complexity index is 480. The molecule has 0 unspecified atom stereocenters. The maximum Gasteiger partial charge on any atom is 0.310 e. The van der Waals surface area contributed by atoms with Crippen molar-refractivity contribution in [2.45, 2.75) is 6.54 Å². The van der Waals surface area contributed by atoms with E-state index in [1.54, 1.807) is 37.4 Å². The topological polar surface area (TPSA) is 91.2 Å². The minimum absolute atomic E-state index is 0.189. The summed E-state index contributed by atoms with van der Waals surface area (Å²) in [6.07, 6.45) is 0. The molecule has 0 aliphatic rings. The number of nitriles is 1. The first-order chi connectivity index (χ1) is 8.67. The van der Waals surface area contributed by atoms with Gasteiger partial charge in [-0.25, -0.2) is 0 Å². The van der Waals surface area contributed by atoms with Gasteiger partial charge in [0.15, 0.2) is 0 Å². The minimum Gasteiger partial charge on any atom is -0.497 e. The number of ether oxygens (including phenoxy) is 1. The van der Waals surface area contributed by atoms with Gasteiger partial charge in [0.2, 0.25) is 0 Å². The van der Waals surface area contributed by atoms with Crippen LogP contribution in [0.15, 0.2) is 24.3 Å². The van der Waals surface area contributed by atoms with Crippen LogP contribution in [0.3, 0.4) is 0 Å². The third-order valence-corrected chi connectivity index (χ3v) is 2.12. The predicted molar refractivity (Wildman–Crippen MR) is 63.5 cm³/mol. The van der Waals surface area contributed by atoms with Crippen molar-refractivity contribution < 1.29 is 14.3 Å². The van der Waals surface area contributed by atoms with E-state index in [0.717, 1.165) is 5.56 Å². The highest BCUT2D eigenvalue weighted by atomic mass is 16.5. The largest absolute Gasteiger partial charge is 0.497 e. The van der Waals surface area contributed by atoms with Gasteiger partial charge in [0, 0.05) is 6.54 Å². The number of nitrogens with one attached hydrogen (secondary N) is 2. The normalized spacial score (nSPS) is 9.11. The summed E-state index contributed by atoms with van der Waals surface area (Å²) in [7, 11) is 1.55. The van der Waals surface area contributed by atoms with E-state index < -0.39 is 11.8 Å². The number of nitrogens with zero attached hydrogens (tertiary/aromatic N) is 1. The van der Waals surface area contributed by atoms with Gasteiger partial charge < -0.3 is 15.4 Å². The van der Waals surface area contributed by atoms with Gasteiger partial charge in [0.25, 0.3) is 0 Å². The van der Waals surface area contributed by atoms with Crippen LogP contribution in [-0.2, 0) is 16.1 Å². The Balaban J connectivity index is 2.47. The average Bonchev–Trinajstić information content (AvgIpc) is 2.42. The molecule has 0 heterocycles. The number of methoxy groups -OCH3 is 1. The second kappa shape index (κ2) is 6.91. The number of hydrogen-bond acceptors (Lipinski definition) is 4. The quantitative estimate of drug-likeness (QED) is 0.576. The summed E-state index contributed by atoms with van der Waals surface area (Å²) in [5.74, 6) is -0.914. The molecule has 0 aliphatic carbocycles. The highest BCUT2D eigenvalue weighted by Crippen LogP contribution is 2.11. The number of hydrogen-bond donors (Lipinski definition) is 2. The van der Waals surface area contributed by atoms with Crippen molar-refractivity contribution in [2.24, 2.45) is 0 Å². The van der Waals surface area contributed by atoms with E-state index in [9.17, 15) is 9.59 Å². The van der Waals surface area contributed by atoms with E-state index in [0.29, 0.717) is 5.75 Å². The second-order valence-corrected chi connectivity index (χ2v) is 3.37. The van der Waals surface area contributed by atoms with Crippen molar-refractivity contribution >= 4 is 11.8 Å². The van der Waals surface area contributed by atoms with Gasteiger partial charge in [-0.1, -0.05) is 12.1 Å². The van der Waals surface area contributed by atoms with Gasteiger partial charge in [-0.2, -0.15) is 5.26 Å². The molecule has 0 atom stereocenters. The molecule has 0 fully saturated rings. The van der Waals surface area contributed by atoms with E-state index in [-0.39, 0.29) is 13.1 Å². The number of amides is 2. The van der Waals surface area contributed by atoms with Gasteiger partial charge in [0.05, 0.1) is 13.2 Å². The first-order valence-corrected chi connectivity index (χ1v) is 5.23. The molecule has 1 rings (SSSR count). The van der Waals surface area contributed by atoms with Crippen molar-refractivity contribution in [2.75, 3.05) is 13.7 Å². The van der Waals surface area contributed by atoms with Crippen LogP contribution in [0.5, 0.6) is 5.75 Å². The van der Waals surface area contributed by atoms with Gasteiger partial charge in [-0.15, -0.1) is 0 Å². The van der Waals surface area contributed by atoms with Crippen LogP contribution in [0.25, 0.3) is 0 Å². The summed E-state index contributed by atoms with van der Waals surface area (Å²) in [4.78, 5) is 22.5. The molecule has 1 aromatic rings. The average molecular weight is 247 g/mol. The van der Waals surface area contributed by atoms with Crippen molar-refractivity contribution in [1.29, 1.82) is 5.26 Å². The van der Waals surface area contributed by atoms with Crippen LogP contribution in [0, 0.1) is 11.3 Å². The highest BCUT2D eigenvalue weighted by Gasteiger charge is 2.11. The number of benzene rings is 1.